The Balaban J connectivity index is 1.77. The predicted octanol–water partition coefficient (Wildman–Crippen LogP) is 5.92. The molecule has 0 bridgehead atoms. The van der Waals surface area contributed by atoms with E-state index in [1.165, 1.54) is 24.3 Å². The molecule has 0 aliphatic rings. The fourth-order valence-electron chi connectivity index (χ4n) is 2.98. The molecular formula is C22H17N3O3S. The number of hydrogen-bond donors (Lipinski definition) is 1. The van der Waals surface area contributed by atoms with Gasteiger partial charge in [-0.1, -0.05) is 59.8 Å². The number of benzene rings is 4. The first-order valence-corrected chi connectivity index (χ1v) is 10.3. The van der Waals surface area contributed by atoms with Gasteiger partial charge in [0.2, 0.25) is 0 Å². The van der Waals surface area contributed by atoms with Gasteiger partial charge in [-0.2, -0.15) is 8.42 Å². The smallest absolute Gasteiger partial charge is 0.282 e. The summed E-state index contributed by atoms with van der Waals surface area (Å²) in [5, 5.41) is 12.5. The molecule has 0 saturated carbocycles. The van der Waals surface area contributed by atoms with E-state index < -0.39 is 10.1 Å². The van der Waals surface area contributed by atoms with Crippen LogP contribution in [0, 0.1) is 0 Å². The zero-order valence-corrected chi connectivity index (χ0v) is 16.1. The van der Waals surface area contributed by atoms with Gasteiger partial charge in [0.15, 0.2) is 0 Å². The molecule has 0 heterocycles. The molecule has 7 heteroatoms. The summed E-state index contributed by atoms with van der Waals surface area (Å²) < 4.78 is 31.5. The van der Waals surface area contributed by atoms with Crippen LogP contribution in [0.15, 0.2) is 112 Å². The summed E-state index contributed by atoms with van der Waals surface area (Å²) in [7, 11) is -4.24. The molecule has 4 aromatic carbocycles. The van der Waals surface area contributed by atoms with Crippen molar-refractivity contribution >= 4 is 38.0 Å². The van der Waals surface area contributed by atoms with Crippen molar-refractivity contribution in [2.45, 2.75) is 4.90 Å². The first-order chi connectivity index (χ1) is 14.0. The third-order valence-corrected chi connectivity index (χ3v) is 5.25. The van der Waals surface area contributed by atoms with Crippen LogP contribution in [0.3, 0.4) is 0 Å². The highest BCUT2D eigenvalue weighted by Gasteiger charge is 2.12. The van der Waals surface area contributed by atoms with Crippen molar-refractivity contribution in [2.24, 2.45) is 10.3 Å². The fourth-order valence-corrected chi connectivity index (χ4v) is 3.46. The van der Waals surface area contributed by atoms with Crippen LogP contribution in [0.4, 0.5) is 17.1 Å². The third kappa shape index (κ3) is 4.16. The number of para-hydroxylation sites is 1. The molecule has 0 spiro atoms. The monoisotopic (exact) mass is 403 g/mol. The predicted molar refractivity (Wildman–Crippen MR) is 113 cm³/mol. The number of nitrogens with zero attached hydrogens (tertiary/aromatic N) is 3. The Labute approximate surface area is 168 Å². The molecule has 0 unspecified atom stereocenters. The number of anilines is 2. The standard InChI is InChI=1S/C22H17N3O3S/c26-29(27,28)20-15-13-18(14-16-20)23-24-25(19-9-2-1-3-10-19)22-12-6-8-17-7-4-5-11-21(17)22/h1-16H,(H,26,27,28). The molecule has 0 fully saturated rings. The first kappa shape index (κ1) is 18.8. The van der Waals surface area contributed by atoms with Gasteiger partial charge in [-0.05, 0) is 47.9 Å². The zero-order valence-electron chi connectivity index (χ0n) is 15.3. The van der Waals surface area contributed by atoms with Crippen LogP contribution in [-0.2, 0) is 10.1 Å². The Hall–Kier alpha value is -3.55. The molecule has 0 aliphatic heterocycles. The van der Waals surface area contributed by atoms with Gasteiger partial charge >= 0.3 is 0 Å². The maximum Gasteiger partial charge on any atom is 0.294 e. The van der Waals surface area contributed by atoms with Crippen molar-refractivity contribution in [1.29, 1.82) is 0 Å². The van der Waals surface area contributed by atoms with Gasteiger partial charge in [-0.25, -0.2) is 5.01 Å². The summed E-state index contributed by atoms with van der Waals surface area (Å²) in [6.07, 6.45) is 0. The Bertz CT molecular complexity index is 1270. The van der Waals surface area contributed by atoms with Crippen molar-refractivity contribution in [3.8, 4) is 0 Å². The van der Waals surface area contributed by atoms with Gasteiger partial charge in [0, 0.05) is 5.39 Å². The Morgan fingerprint density at radius 3 is 2.10 bits per heavy atom. The van der Waals surface area contributed by atoms with E-state index in [2.05, 4.69) is 10.3 Å². The quantitative estimate of drug-likeness (QED) is 0.255. The molecule has 0 amide bonds. The molecule has 4 rings (SSSR count). The molecule has 144 valence electrons. The summed E-state index contributed by atoms with van der Waals surface area (Å²) in [5.74, 6) is 0. The average Bonchev–Trinajstić information content (AvgIpc) is 2.74. The van der Waals surface area contributed by atoms with Crippen molar-refractivity contribution in [1.82, 2.24) is 0 Å². The van der Waals surface area contributed by atoms with Gasteiger partial charge in [-0.3, -0.25) is 4.55 Å². The SMILES string of the molecule is O=S(=O)(O)c1ccc(N=NN(c2ccccc2)c2cccc3ccccc23)cc1. The van der Waals surface area contributed by atoms with E-state index in [1.54, 1.807) is 5.01 Å². The second kappa shape index (κ2) is 7.83. The van der Waals surface area contributed by atoms with E-state index in [9.17, 15) is 8.42 Å². The summed E-state index contributed by atoms with van der Waals surface area (Å²) in [4.78, 5) is -0.189. The van der Waals surface area contributed by atoms with E-state index in [0.29, 0.717) is 5.69 Å². The summed E-state index contributed by atoms with van der Waals surface area (Å²) >= 11 is 0. The van der Waals surface area contributed by atoms with Crippen LogP contribution in [0.25, 0.3) is 10.8 Å². The van der Waals surface area contributed by atoms with E-state index in [-0.39, 0.29) is 4.90 Å². The van der Waals surface area contributed by atoms with Crippen LogP contribution in [0.5, 0.6) is 0 Å². The molecule has 0 aliphatic carbocycles. The summed E-state index contributed by atoms with van der Waals surface area (Å²) in [6, 6.07) is 29.2. The highest BCUT2D eigenvalue weighted by Crippen LogP contribution is 2.33. The molecule has 1 N–H and O–H groups in total. The summed E-state index contributed by atoms with van der Waals surface area (Å²) in [5.41, 5.74) is 2.16. The molecule has 0 atom stereocenters. The van der Waals surface area contributed by atoms with E-state index in [1.807, 2.05) is 72.8 Å². The van der Waals surface area contributed by atoms with Crippen molar-refractivity contribution in [2.75, 3.05) is 5.01 Å². The summed E-state index contributed by atoms with van der Waals surface area (Å²) in [6.45, 7) is 0. The van der Waals surface area contributed by atoms with Gasteiger partial charge in [0.1, 0.15) is 0 Å². The fraction of sp³-hybridized carbons (Fsp3) is 0. The highest BCUT2D eigenvalue weighted by atomic mass is 32.2. The molecule has 4 aromatic rings. The van der Waals surface area contributed by atoms with E-state index >= 15 is 0 Å². The molecule has 0 saturated heterocycles. The second-order valence-electron chi connectivity index (χ2n) is 6.30. The average molecular weight is 403 g/mol. The van der Waals surface area contributed by atoms with Crippen molar-refractivity contribution < 1.29 is 13.0 Å². The molecule has 29 heavy (non-hydrogen) atoms. The number of hydrogen-bond acceptors (Lipinski definition) is 4. The Kier molecular flexibility index (Phi) is 5.07. The van der Waals surface area contributed by atoms with Gasteiger partial charge in [0.05, 0.1) is 22.0 Å². The lowest BCUT2D eigenvalue weighted by atomic mass is 10.1. The van der Waals surface area contributed by atoms with Crippen LogP contribution in [-0.4, -0.2) is 13.0 Å². The lowest BCUT2D eigenvalue weighted by Gasteiger charge is -2.19. The molecular weight excluding hydrogens is 386 g/mol. The zero-order chi connectivity index (χ0) is 20.3. The van der Waals surface area contributed by atoms with Crippen LogP contribution >= 0.6 is 0 Å². The van der Waals surface area contributed by atoms with E-state index in [4.69, 9.17) is 4.55 Å². The molecule has 0 radical (unpaired) electrons. The maximum absolute atomic E-state index is 11.2. The van der Waals surface area contributed by atoms with E-state index in [0.717, 1.165) is 22.1 Å². The number of fused-ring (bicyclic) bond motifs is 1. The Morgan fingerprint density at radius 2 is 1.38 bits per heavy atom. The maximum atomic E-state index is 11.2. The normalized spacial score (nSPS) is 11.8. The van der Waals surface area contributed by atoms with Crippen LogP contribution in [0.1, 0.15) is 0 Å². The van der Waals surface area contributed by atoms with Gasteiger partial charge in [-0.15, -0.1) is 5.11 Å². The van der Waals surface area contributed by atoms with Crippen LogP contribution in [0.2, 0.25) is 0 Å². The van der Waals surface area contributed by atoms with Crippen molar-refractivity contribution in [3.05, 3.63) is 97.1 Å². The topological polar surface area (TPSA) is 82.3 Å². The third-order valence-electron chi connectivity index (χ3n) is 4.38. The van der Waals surface area contributed by atoms with Crippen LogP contribution < -0.4 is 5.01 Å². The largest absolute Gasteiger partial charge is 0.294 e. The minimum atomic E-state index is -4.24. The first-order valence-electron chi connectivity index (χ1n) is 8.84. The molecule has 0 aromatic heterocycles. The Morgan fingerprint density at radius 1 is 0.724 bits per heavy atom. The lowest BCUT2D eigenvalue weighted by Crippen LogP contribution is -2.08. The second-order valence-corrected chi connectivity index (χ2v) is 7.73. The molecule has 6 nitrogen and oxygen atoms in total. The number of rotatable bonds is 5. The minimum Gasteiger partial charge on any atom is -0.282 e. The highest BCUT2D eigenvalue weighted by molar-refractivity contribution is 7.85. The van der Waals surface area contributed by atoms with Gasteiger partial charge < -0.3 is 0 Å². The lowest BCUT2D eigenvalue weighted by molar-refractivity contribution is 0.483. The van der Waals surface area contributed by atoms with Crippen molar-refractivity contribution in [3.63, 3.8) is 0 Å². The van der Waals surface area contributed by atoms with Gasteiger partial charge in [0.25, 0.3) is 10.1 Å². The minimum absolute atomic E-state index is 0.189.